The third-order valence-corrected chi connectivity index (χ3v) is 3.56. The smallest absolute Gasteiger partial charge is 0.298 e. The number of fused-ring (bicyclic) bond motifs is 1. The van der Waals surface area contributed by atoms with E-state index in [0.717, 1.165) is 17.6 Å². The van der Waals surface area contributed by atoms with Gasteiger partial charge in [0.2, 0.25) is 0 Å². The first-order valence-corrected chi connectivity index (χ1v) is 6.50. The third-order valence-electron chi connectivity index (χ3n) is 2.70. The first kappa shape index (κ1) is 11.1. The Morgan fingerprint density at radius 2 is 2.28 bits per heavy atom. The van der Waals surface area contributed by atoms with Crippen molar-refractivity contribution in [2.45, 2.75) is 6.54 Å². The first-order chi connectivity index (χ1) is 8.72. The minimum atomic E-state index is 0.615. The Morgan fingerprint density at radius 3 is 3.06 bits per heavy atom. The van der Waals surface area contributed by atoms with Crippen LogP contribution in [0.2, 0.25) is 0 Å². The highest BCUT2D eigenvalue weighted by atomic mass is 32.1. The fourth-order valence-corrected chi connectivity index (χ4v) is 2.55. The van der Waals surface area contributed by atoms with E-state index in [4.69, 9.17) is 10.2 Å². The maximum atomic E-state index is 5.72. The standard InChI is InChI=1S/C13H13N3OS/c1-16(8-10-3-2-6-18-10)13-15-11-5-4-9(14)7-12(11)17-13/h2-7H,8,14H2,1H3. The summed E-state index contributed by atoms with van der Waals surface area (Å²) in [7, 11) is 1.97. The van der Waals surface area contributed by atoms with Crippen molar-refractivity contribution in [1.29, 1.82) is 0 Å². The first-order valence-electron chi connectivity index (χ1n) is 5.62. The van der Waals surface area contributed by atoms with Crippen LogP contribution in [0.3, 0.4) is 0 Å². The van der Waals surface area contributed by atoms with Gasteiger partial charge in [0.05, 0.1) is 6.54 Å². The molecule has 0 fully saturated rings. The number of oxazole rings is 1. The Kier molecular flexibility index (Phi) is 2.68. The Balaban J connectivity index is 1.89. The summed E-state index contributed by atoms with van der Waals surface area (Å²) in [5.74, 6) is 0. The Bertz CT molecular complexity index is 660. The molecule has 18 heavy (non-hydrogen) atoms. The van der Waals surface area contributed by atoms with Gasteiger partial charge in [0.15, 0.2) is 5.58 Å². The van der Waals surface area contributed by atoms with E-state index in [0.29, 0.717) is 11.7 Å². The topological polar surface area (TPSA) is 55.3 Å². The van der Waals surface area contributed by atoms with Crippen LogP contribution in [0, 0.1) is 0 Å². The zero-order chi connectivity index (χ0) is 12.5. The molecule has 2 aromatic heterocycles. The number of benzene rings is 1. The maximum Gasteiger partial charge on any atom is 0.298 e. The quantitative estimate of drug-likeness (QED) is 0.734. The normalized spacial score (nSPS) is 10.9. The molecule has 0 aliphatic carbocycles. The molecule has 92 valence electrons. The molecule has 0 spiro atoms. The van der Waals surface area contributed by atoms with E-state index in [1.807, 2.05) is 30.1 Å². The van der Waals surface area contributed by atoms with Crippen molar-refractivity contribution in [2.75, 3.05) is 17.7 Å². The van der Waals surface area contributed by atoms with Crippen molar-refractivity contribution in [3.8, 4) is 0 Å². The number of anilines is 2. The number of thiophene rings is 1. The van der Waals surface area contributed by atoms with Gasteiger partial charge >= 0.3 is 0 Å². The lowest BCUT2D eigenvalue weighted by molar-refractivity contribution is 0.583. The second-order valence-electron chi connectivity index (χ2n) is 4.16. The number of hydrogen-bond acceptors (Lipinski definition) is 5. The van der Waals surface area contributed by atoms with E-state index < -0.39 is 0 Å². The monoisotopic (exact) mass is 259 g/mol. The molecular weight excluding hydrogens is 246 g/mol. The molecule has 0 radical (unpaired) electrons. The summed E-state index contributed by atoms with van der Waals surface area (Å²) in [4.78, 5) is 7.71. The number of nitrogens with two attached hydrogens (primary N) is 1. The summed E-state index contributed by atoms with van der Waals surface area (Å²) < 4.78 is 5.70. The molecule has 1 aromatic carbocycles. The minimum absolute atomic E-state index is 0.615. The van der Waals surface area contributed by atoms with Crippen molar-refractivity contribution < 1.29 is 4.42 Å². The van der Waals surface area contributed by atoms with Gasteiger partial charge in [-0.15, -0.1) is 11.3 Å². The summed E-state index contributed by atoms with van der Waals surface area (Å²) in [5, 5.41) is 2.07. The van der Waals surface area contributed by atoms with Crippen LogP contribution in [0.4, 0.5) is 11.7 Å². The minimum Gasteiger partial charge on any atom is -0.423 e. The van der Waals surface area contributed by atoms with Crippen LogP contribution in [0.15, 0.2) is 40.1 Å². The molecule has 3 aromatic rings. The average Bonchev–Trinajstić information content (AvgIpc) is 2.96. The summed E-state index contributed by atoms with van der Waals surface area (Å²) in [5.41, 5.74) is 7.96. The molecule has 0 saturated heterocycles. The number of rotatable bonds is 3. The molecule has 0 amide bonds. The van der Waals surface area contributed by atoms with Crippen molar-refractivity contribution in [1.82, 2.24) is 4.98 Å². The van der Waals surface area contributed by atoms with Crippen LogP contribution in [0.1, 0.15) is 4.88 Å². The van der Waals surface area contributed by atoms with Gasteiger partial charge in [0, 0.05) is 23.7 Å². The van der Waals surface area contributed by atoms with Crippen molar-refractivity contribution in [3.05, 3.63) is 40.6 Å². The van der Waals surface area contributed by atoms with E-state index >= 15 is 0 Å². The Labute approximate surface area is 109 Å². The predicted molar refractivity (Wildman–Crippen MR) is 74.8 cm³/mol. The van der Waals surface area contributed by atoms with Gasteiger partial charge in [0.1, 0.15) is 5.52 Å². The molecule has 2 heterocycles. The Morgan fingerprint density at radius 1 is 1.39 bits per heavy atom. The highest BCUT2D eigenvalue weighted by Crippen LogP contribution is 2.24. The number of hydrogen-bond donors (Lipinski definition) is 1. The zero-order valence-corrected chi connectivity index (χ0v) is 10.8. The SMILES string of the molecule is CN(Cc1cccs1)c1nc2ccc(N)cc2o1. The fourth-order valence-electron chi connectivity index (χ4n) is 1.80. The molecule has 0 unspecified atom stereocenters. The van der Waals surface area contributed by atoms with E-state index in [1.165, 1.54) is 4.88 Å². The number of aromatic nitrogens is 1. The molecule has 4 nitrogen and oxygen atoms in total. The van der Waals surface area contributed by atoms with Crippen molar-refractivity contribution >= 4 is 34.1 Å². The van der Waals surface area contributed by atoms with Crippen LogP contribution in [0.25, 0.3) is 11.1 Å². The van der Waals surface area contributed by atoms with Crippen molar-refractivity contribution in [2.24, 2.45) is 0 Å². The van der Waals surface area contributed by atoms with E-state index in [-0.39, 0.29) is 0 Å². The summed E-state index contributed by atoms with van der Waals surface area (Å²) in [6.45, 7) is 0.792. The highest BCUT2D eigenvalue weighted by molar-refractivity contribution is 7.09. The van der Waals surface area contributed by atoms with Crippen LogP contribution < -0.4 is 10.6 Å². The van der Waals surface area contributed by atoms with Crippen LogP contribution in [-0.4, -0.2) is 12.0 Å². The molecule has 2 N–H and O–H groups in total. The van der Waals surface area contributed by atoms with Gasteiger partial charge < -0.3 is 15.1 Å². The Hall–Kier alpha value is -2.01. The van der Waals surface area contributed by atoms with E-state index in [1.54, 1.807) is 17.4 Å². The summed E-state index contributed by atoms with van der Waals surface area (Å²) >= 11 is 1.72. The molecule has 0 bridgehead atoms. The highest BCUT2D eigenvalue weighted by Gasteiger charge is 2.11. The van der Waals surface area contributed by atoms with Gasteiger partial charge in [0.25, 0.3) is 6.01 Å². The molecule has 3 rings (SSSR count). The zero-order valence-electron chi connectivity index (χ0n) is 9.96. The maximum absolute atomic E-state index is 5.72. The lowest BCUT2D eigenvalue weighted by Gasteiger charge is -2.12. The van der Waals surface area contributed by atoms with Crippen LogP contribution in [-0.2, 0) is 6.54 Å². The lowest BCUT2D eigenvalue weighted by atomic mass is 10.3. The molecule has 0 aliphatic rings. The lowest BCUT2D eigenvalue weighted by Crippen LogP contribution is -2.15. The largest absolute Gasteiger partial charge is 0.423 e. The molecule has 5 heteroatoms. The van der Waals surface area contributed by atoms with Crippen LogP contribution >= 0.6 is 11.3 Å². The van der Waals surface area contributed by atoms with Gasteiger partial charge in [-0.3, -0.25) is 0 Å². The molecule has 0 atom stereocenters. The van der Waals surface area contributed by atoms with Crippen LogP contribution in [0.5, 0.6) is 0 Å². The second kappa shape index (κ2) is 4.34. The predicted octanol–water partition coefficient (Wildman–Crippen LogP) is 3.11. The van der Waals surface area contributed by atoms with Crippen molar-refractivity contribution in [3.63, 3.8) is 0 Å². The van der Waals surface area contributed by atoms with Gasteiger partial charge in [-0.2, -0.15) is 4.98 Å². The second-order valence-corrected chi connectivity index (χ2v) is 5.19. The fraction of sp³-hybridized carbons (Fsp3) is 0.154. The summed E-state index contributed by atoms with van der Waals surface area (Å²) in [6, 6.07) is 10.3. The number of nitrogen functional groups attached to an aromatic ring is 1. The molecular formula is C13H13N3OS. The number of nitrogens with zero attached hydrogens (tertiary/aromatic N) is 2. The third kappa shape index (κ3) is 2.04. The van der Waals surface area contributed by atoms with Gasteiger partial charge in [-0.1, -0.05) is 6.07 Å². The van der Waals surface area contributed by atoms with E-state index in [2.05, 4.69) is 16.4 Å². The molecule has 0 aliphatic heterocycles. The van der Waals surface area contributed by atoms with E-state index in [9.17, 15) is 0 Å². The van der Waals surface area contributed by atoms with Gasteiger partial charge in [-0.25, -0.2) is 0 Å². The summed E-state index contributed by atoms with van der Waals surface area (Å²) in [6.07, 6.45) is 0. The molecule has 0 saturated carbocycles. The average molecular weight is 259 g/mol. The van der Waals surface area contributed by atoms with Gasteiger partial charge in [-0.05, 0) is 23.6 Å².